The molecule has 0 radical (unpaired) electrons. The van der Waals surface area contributed by atoms with Gasteiger partial charge in [-0.2, -0.15) is 5.10 Å². The number of carbonyl (C=O) groups excluding carboxylic acids is 1. The van der Waals surface area contributed by atoms with Crippen molar-refractivity contribution in [1.82, 2.24) is 15.1 Å². The first-order chi connectivity index (χ1) is 8.63. The number of nitrogens with zero attached hydrogens (tertiary/aromatic N) is 2. The van der Waals surface area contributed by atoms with Crippen LogP contribution in [0.5, 0.6) is 0 Å². The van der Waals surface area contributed by atoms with Crippen LogP contribution in [0.15, 0.2) is 18.2 Å². The molecule has 1 aromatic carbocycles. The zero-order valence-corrected chi connectivity index (χ0v) is 11.3. The summed E-state index contributed by atoms with van der Waals surface area (Å²) in [5, 5.41) is 8.37. The Hall–Kier alpha value is -1.55. The zero-order valence-electron chi connectivity index (χ0n) is 10.5. The van der Waals surface area contributed by atoms with Crippen molar-refractivity contribution in [3.05, 3.63) is 28.9 Å². The molecule has 2 aromatic rings. The van der Waals surface area contributed by atoms with E-state index in [4.69, 9.17) is 11.6 Å². The molecule has 2 rings (SSSR count). The Morgan fingerprint density at radius 3 is 3.00 bits per heavy atom. The van der Waals surface area contributed by atoms with Crippen LogP contribution >= 0.6 is 11.6 Å². The number of hydrogen-bond acceptors (Lipinski definition) is 2. The number of unbranched alkanes of at least 4 members (excludes halogenated alkanes) is 1. The standard InChI is InChI=1S/C13H16ClN3O/c1-3-4-7-17(2)13(18)12-10-6-5-9(14)8-11(10)15-16-12/h5-6,8H,3-4,7H2,1-2H3,(H,15,16). The van der Waals surface area contributed by atoms with Gasteiger partial charge >= 0.3 is 0 Å². The molecular weight excluding hydrogens is 250 g/mol. The van der Waals surface area contributed by atoms with E-state index in [1.807, 2.05) is 6.07 Å². The van der Waals surface area contributed by atoms with Gasteiger partial charge in [-0.25, -0.2) is 0 Å². The summed E-state index contributed by atoms with van der Waals surface area (Å²) in [5.41, 5.74) is 1.25. The third-order valence-corrected chi connectivity index (χ3v) is 3.16. The quantitative estimate of drug-likeness (QED) is 0.924. The van der Waals surface area contributed by atoms with Crippen LogP contribution in [0.1, 0.15) is 30.3 Å². The van der Waals surface area contributed by atoms with Gasteiger partial charge in [-0.15, -0.1) is 0 Å². The van der Waals surface area contributed by atoms with Gasteiger partial charge in [-0.3, -0.25) is 9.89 Å². The summed E-state index contributed by atoms with van der Waals surface area (Å²) in [5.74, 6) is -0.0583. The Morgan fingerprint density at radius 1 is 1.50 bits per heavy atom. The SMILES string of the molecule is CCCCN(C)C(=O)c1n[nH]c2cc(Cl)ccc12. The van der Waals surface area contributed by atoms with Crippen LogP contribution in [0.25, 0.3) is 10.9 Å². The Morgan fingerprint density at radius 2 is 2.28 bits per heavy atom. The lowest BCUT2D eigenvalue weighted by atomic mass is 10.2. The first kappa shape index (κ1) is 12.9. The molecule has 0 saturated carbocycles. The van der Waals surface area contributed by atoms with Gasteiger partial charge < -0.3 is 4.90 Å². The third kappa shape index (κ3) is 2.48. The van der Waals surface area contributed by atoms with Crippen molar-refractivity contribution in [2.75, 3.05) is 13.6 Å². The fourth-order valence-electron chi connectivity index (χ4n) is 1.83. The molecule has 0 fully saturated rings. The average molecular weight is 266 g/mol. The largest absolute Gasteiger partial charge is 0.340 e. The van der Waals surface area contributed by atoms with E-state index in [0.717, 1.165) is 30.3 Å². The zero-order chi connectivity index (χ0) is 13.1. The molecular formula is C13H16ClN3O. The predicted octanol–water partition coefficient (Wildman–Crippen LogP) is 3.09. The number of aromatic nitrogens is 2. The van der Waals surface area contributed by atoms with E-state index in [1.165, 1.54) is 0 Å². The molecule has 0 aliphatic rings. The summed E-state index contributed by atoms with van der Waals surface area (Å²) in [4.78, 5) is 13.9. The topological polar surface area (TPSA) is 49.0 Å². The fourth-order valence-corrected chi connectivity index (χ4v) is 2.00. The molecule has 1 heterocycles. The van der Waals surface area contributed by atoms with E-state index in [9.17, 15) is 4.79 Å². The molecule has 5 heteroatoms. The number of fused-ring (bicyclic) bond motifs is 1. The lowest BCUT2D eigenvalue weighted by Crippen LogP contribution is -2.28. The molecule has 0 atom stereocenters. The lowest BCUT2D eigenvalue weighted by molar-refractivity contribution is 0.0789. The van der Waals surface area contributed by atoms with Gasteiger partial charge in [0.2, 0.25) is 0 Å². The van der Waals surface area contributed by atoms with Crippen molar-refractivity contribution in [1.29, 1.82) is 0 Å². The van der Waals surface area contributed by atoms with E-state index in [1.54, 1.807) is 24.1 Å². The molecule has 18 heavy (non-hydrogen) atoms. The summed E-state index contributed by atoms with van der Waals surface area (Å²) < 4.78 is 0. The molecule has 1 aromatic heterocycles. The van der Waals surface area contributed by atoms with Crippen LogP contribution in [0.3, 0.4) is 0 Å². The molecule has 96 valence electrons. The van der Waals surface area contributed by atoms with E-state index in [-0.39, 0.29) is 5.91 Å². The maximum atomic E-state index is 12.2. The highest BCUT2D eigenvalue weighted by atomic mass is 35.5. The van der Waals surface area contributed by atoms with Crippen molar-refractivity contribution in [3.63, 3.8) is 0 Å². The van der Waals surface area contributed by atoms with Gasteiger partial charge in [0.1, 0.15) is 0 Å². The molecule has 0 spiro atoms. The van der Waals surface area contributed by atoms with Gasteiger partial charge in [-0.05, 0) is 24.6 Å². The van der Waals surface area contributed by atoms with E-state index < -0.39 is 0 Å². The van der Waals surface area contributed by atoms with Crippen LogP contribution in [0, 0.1) is 0 Å². The summed E-state index contributed by atoms with van der Waals surface area (Å²) >= 11 is 5.90. The minimum Gasteiger partial charge on any atom is -0.340 e. The van der Waals surface area contributed by atoms with Gasteiger partial charge in [0.15, 0.2) is 5.69 Å². The van der Waals surface area contributed by atoms with Crippen LogP contribution < -0.4 is 0 Å². The highest BCUT2D eigenvalue weighted by Crippen LogP contribution is 2.21. The normalized spacial score (nSPS) is 10.8. The smallest absolute Gasteiger partial charge is 0.274 e. The molecule has 1 amide bonds. The van der Waals surface area contributed by atoms with Crippen molar-refractivity contribution in [3.8, 4) is 0 Å². The Labute approximate surface area is 111 Å². The number of amides is 1. The van der Waals surface area contributed by atoms with Crippen molar-refractivity contribution >= 4 is 28.4 Å². The number of halogens is 1. The number of nitrogens with one attached hydrogen (secondary N) is 1. The molecule has 0 saturated heterocycles. The third-order valence-electron chi connectivity index (χ3n) is 2.92. The summed E-state index contributed by atoms with van der Waals surface area (Å²) in [6.45, 7) is 2.85. The first-order valence-electron chi connectivity index (χ1n) is 6.02. The maximum Gasteiger partial charge on any atom is 0.274 e. The number of benzene rings is 1. The molecule has 0 aliphatic carbocycles. The van der Waals surface area contributed by atoms with Gasteiger partial charge in [0, 0.05) is 24.0 Å². The van der Waals surface area contributed by atoms with Crippen LogP contribution in [0.2, 0.25) is 5.02 Å². The lowest BCUT2D eigenvalue weighted by Gasteiger charge is -2.15. The predicted molar refractivity (Wildman–Crippen MR) is 73.0 cm³/mol. The number of rotatable bonds is 4. The van der Waals surface area contributed by atoms with Crippen molar-refractivity contribution < 1.29 is 4.79 Å². The fraction of sp³-hybridized carbons (Fsp3) is 0.385. The van der Waals surface area contributed by atoms with E-state index in [2.05, 4.69) is 17.1 Å². The highest BCUT2D eigenvalue weighted by molar-refractivity contribution is 6.31. The summed E-state index contributed by atoms with van der Waals surface area (Å²) in [6.07, 6.45) is 2.06. The van der Waals surface area contributed by atoms with E-state index in [0.29, 0.717) is 10.7 Å². The average Bonchev–Trinajstić information content (AvgIpc) is 2.77. The second kappa shape index (κ2) is 5.40. The minimum absolute atomic E-state index is 0.0583. The number of hydrogen-bond donors (Lipinski definition) is 1. The van der Waals surface area contributed by atoms with Gasteiger partial charge in [0.25, 0.3) is 5.91 Å². The monoisotopic (exact) mass is 265 g/mol. The first-order valence-corrected chi connectivity index (χ1v) is 6.40. The molecule has 0 bridgehead atoms. The van der Waals surface area contributed by atoms with Gasteiger partial charge in [0.05, 0.1) is 5.52 Å². The Bertz CT molecular complexity index is 564. The second-order valence-electron chi connectivity index (χ2n) is 4.34. The minimum atomic E-state index is -0.0583. The highest BCUT2D eigenvalue weighted by Gasteiger charge is 2.17. The van der Waals surface area contributed by atoms with Crippen LogP contribution in [-0.4, -0.2) is 34.6 Å². The van der Waals surface area contributed by atoms with Gasteiger partial charge in [-0.1, -0.05) is 24.9 Å². The van der Waals surface area contributed by atoms with Crippen molar-refractivity contribution in [2.24, 2.45) is 0 Å². The van der Waals surface area contributed by atoms with Crippen LogP contribution in [-0.2, 0) is 0 Å². The molecule has 1 N–H and O–H groups in total. The van der Waals surface area contributed by atoms with Crippen molar-refractivity contribution in [2.45, 2.75) is 19.8 Å². The maximum absolute atomic E-state index is 12.2. The number of carbonyl (C=O) groups is 1. The van der Waals surface area contributed by atoms with E-state index >= 15 is 0 Å². The summed E-state index contributed by atoms with van der Waals surface area (Å²) in [7, 11) is 1.80. The molecule has 0 aliphatic heterocycles. The summed E-state index contributed by atoms with van der Waals surface area (Å²) in [6, 6.07) is 5.36. The number of H-pyrrole nitrogens is 1. The van der Waals surface area contributed by atoms with Crippen LogP contribution in [0.4, 0.5) is 0 Å². The second-order valence-corrected chi connectivity index (χ2v) is 4.78. The number of aromatic amines is 1. The molecule has 4 nitrogen and oxygen atoms in total. The Balaban J connectivity index is 2.28. The Kier molecular flexibility index (Phi) is 3.87. The molecule has 0 unspecified atom stereocenters.